The number of carbonyl (C=O) groups is 2. The lowest BCUT2D eigenvalue weighted by molar-refractivity contribution is -0.163. The van der Waals surface area contributed by atoms with Gasteiger partial charge < -0.3 is 19.4 Å². The van der Waals surface area contributed by atoms with Crippen molar-refractivity contribution >= 4 is 11.9 Å². The maximum absolute atomic E-state index is 12.7. The average molecular weight is 349 g/mol. The van der Waals surface area contributed by atoms with Crippen LogP contribution in [0.25, 0.3) is 0 Å². The van der Waals surface area contributed by atoms with Crippen LogP contribution in [0.3, 0.4) is 0 Å². The Morgan fingerprint density at radius 2 is 2.16 bits per heavy atom. The largest absolute Gasteiger partial charge is 0.460 e. The molecule has 0 aromatic carbocycles. The number of rotatable bonds is 5. The van der Waals surface area contributed by atoms with E-state index in [1.165, 1.54) is 0 Å². The molecule has 0 unspecified atom stereocenters. The molecule has 1 aliphatic carbocycles. The number of esters is 1. The van der Waals surface area contributed by atoms with Gasteiger partial charge in [-0.15, -0.1) is 0 Å². The van der Waals surface area contributed by atoms with Crippen LogP contribution < -0.4 is 5.32 Å². The Morgan fingerprint density at radius 3 is 2.80 bits per heavy atom. The van der Waals surface area contributed by atoms with Gasteiger partial charge in [0.25, 0.3) is 0 Å². The standard InChI is InChI=1S/C18H27N3O4/c1-17(2,3)25-15(22)9-18(5-4-6-18)16(23)20-11-13-10-19-14-12-24-8-7-21(13)14/h10H,4-9,11-12H2,1-3H3,(H,20,23). The fourth-order valence-corrected chi connectivity index (χ4v) is 3.40. The molecule has 0 saturated heterocycles. The van der Waals surface area contributed by atoms with Crippen molar-refractivity contribution in [1.29, 1.82) is 0 Å². The van der Waals surface area contributed by atoms with Gasteiger partial charge >= 0.3 is 5.97 Å². The van der Waals surface area contributed by atoms with Crippen LogP contribution in [0.5, 0.6) is 0 Å². The van der Waals surface area contributed by atoms with Crippen LogP contribution in [0.1, 0.15) is 58.0 Å². The quantitative estimate of drug-likeness (QED) is 0.822. The summed E-state index contributed by atoms with van der Waals surface area (Å²) in [5, 5.41) is 3.00. The van der Waals surface area contributed by atoms with E-state index in [0.29, 0.717) is 19.8 Å². The number of amides is 1. The summed E-state index contributed by atoms with van der Waals surface area (Å²) < 4.78 is 12.9. The van der Waals surface area contributed by atoms with Gasteiger partial charge in [-0.25, -0.2) is 4.98 Å². The highest BCUT2D eigenvalue weighted by Gasteiger charge is 2.46. The van der Waals surface area contributed by atoms with Gasteiger partial charge in [0.1, 0.15) is 18.0 Å². The van der Waals surface area contributed by atoms with Crippen LogP contribution in [-0.4, -0.2) is 33.6 Å². The van der Waals surface area contributed by atoms with Crippen LogP contribution in [0.2, 0.25) is 0 Å². The van der Waals surface area contributed by atoms with E-state index in [4.69, 9.17) is 9.47 Å². The second kappa shape index (κ2) is 6.78. The summed E-state index contributed by atoms with van der Waals surface area (Å²) in [6.45, 7) is 7.86. The van der Waals surface area contributed by atoms with Crippen molar-refractivity contribution in [1.82, 2.24) is 14.9 Å². The summed E-state index contributed by atoms with van der Waals surface area (Å²) in [7, 11) is 0. The fourth-order valence-electron chi connectivity index (χ4n) is 3.40. The molecule has 3 rings (SSSR count). The lowest BCUT2D eigenvalue weighted by Crippen LogP contribution is -2.47. The minimum absolute atomic E-state index is 0.0628. The van der Waals surface area contributed by atoms with Crippen LogP contribution in [0, 0.1) is 5.41 Å². The van der Waals surface area contributed by atoms with Gasteiger partial charge in [0, 0.05) is 6.54 Å². The van der Waals surface area contributed by atoms with Gasteiger partial charge in [0.2, 0.25) is 5.91 Å². The molecule has 138 valence electrons. The predicted octanol–water partition coefficient (Wildman–Crippen LogP) is 1.93. The van der Waals surface area contributed by atoms with Gasteiger partial charge in [-0.3, -0.25) is 9.59 Å². The molecule has 1 N–H and O–H groups in total. The number of hydrogen-bond acceptors (Lipinski definition) is 5. The van der Waals surface area contributed by atoms with Crippen molar-refractivity contribution in [3.05, 3.63) is 17.7 Å². The molecule has 25 heavy (non-hydrogen) atoms. The third-order valence-electron chi connectivity index (χ3n) is 4.84. The summed E-state index contributed by atoms with van der Waals surface area (Å²) in [4.78, 5) is 29.2. The van der Waals surface area contributed by atoms with E-state index < -0.39 is 11.0 Å². The maximum Gasteiger partial charge on any atom is 0.307 e. The first-order chi connectivity index (χ1) is 11.8. The van der Waals surface area contributed by atoms with Gasteiger partial charge in [-0.1, -0.05) is 6.42 Å². The highest BCUT2D eigenvalue weighted by molar-refractivity contribution is 5.88. The van der Waals surface area contributed by atoms with Crippen LogP contribution in [0.15, 0.2) is 6.20 Å². The number of nitrogens with zero attached hydrogens (tertiary/aromatic N) is 2. The van der Waals surface area contributed by atoms with Crippen LogP contribution in [0.4, 0.5) is 0 Å². The molecule has 1 fully saturated rings. The van der Waals surface area contributed by atoms with Crippen LogP contribution in [-0.2, 0) is 38.8 Å². The summed E-state index contributed by atoms with van der Waals surface area (Å²) >= 11 is 0. The van der Waals surface area contributed by atoms with Gasteiger partial charge in [-0.05, 0) is 33.6 Å². The topological polar surface area (TPSA) is 82.5 Å². The zero-order chi connectivity index (χ0) is 18.1. The van der Waals surface area contributed by atoms with E-state index in [9.17, 15) is 9.59 Å². The molecule has 0 radical (unpaired) electrons. The van der Waals surface area contributed by atoms with Gasteiger partial charge in [0.15, 0.2) is 0 Å². The Morgan fingerprint density at radius 1 is 1.40 bits per heavy atom. The SMILES string of the molecule is CC(C)(C)OC(=O)CC1(C(=O)NCc2cnc3n2CCOC3)CCC1. The Bertz CT molecular complexity index is 656. The third-order valence-corrected chi connectivity index (χ3v) is 4.84. The zero-order valence-corrected chi connectivity index (χ0v) is 15.3. The first kappa shape index (κ1) is 17.9. The molecule has 7 nitrogen and oxygen atoms in total. The van der Waals surface area contributed by atoms with Crippen molar-refractivity contribution in [2.45, 2.75) is 71.8 Å². The molecule has 1 aromatic heterocycles. The monoisotopic (exact) mass is 349 g/mol. The second-order valence-electron chi connectivity index (χ2n) is 7.95. The van der Waals surface area contributed by atoms with E-state index in [1.54, 1.807) is 6.20 Å². The lowest BCUT2D eigenvalue weighted by atomic mass is 9.66. The molecule has 0 atom stereocenters. The van der Waals surface area contributed by atoms with Crippen molar-refractivity contribution in [3.63, 3.8) is 0 Å². The second-order valence-corrected chi connectivity index (χ2v) is 7.95. The van der Waals surface area contributed by atoms with E-state index in [0.717, 1.165) is 37.3 Å². The molecule has 1 saturated carbocycles. The average Bonchev–Trinajstić information content (AvgIpc) is 2.90. The van der Waals surface area contributed by atoms with E-state index in [2.05, 4.69) is 14.9 Å². The molecule has 1 aromatic rings. The third kappa shape index (κ3) is 4.03. The minimum Gasteiger partial charge on any atom is -0.460 e. The van der Waals surface area contributed by atoms with Gasteiger partial charge in [0.05, 0.1) is 36.9 Å². The van der Waals surface area contributed by atoms with Crippen LogP contribution >= 0.6 is 0 Å². The summed E-state index contributed by atoms with van der Waals surface area (Å²) in [6.07, 6.45) is 4.36. The van der Waals surface area contributed by atoms with Crippen molar-refractivity contribution in [2.75, 3.05) is 6.61 Å². The number of aromatic nitrogens is 2. The molecule has 0 spiro atoms. The van der Waals surface area contributed by atoms with E-state index >= 15 is 0 Å². The van der Waals surface area contributed by atoms with Gasteiger partial charge in [-0.2, -0.15) is 0 Å². The molecule has 2 aliphatic rings. The normalized spacial score (nSPS) is 18.8. The Hall–Kier alpha value is -1.89. The first-order valence-corrected chi connectivity index (χ1v) is 8.90. The molecular weight excluding hydrogens is 322 g/mol. The Kier molecular flexibility index (Phi) is 4.86. The highest BCUT2D eigenvalue weighted by Crippen LogP contribution is 2.44. The number of fused-ring (bicyclic) bond motifs is 1. The zero-order valence-electron chi connectivity index (χ0n) is 15.3. The number of imidazole rings is 1. The molecule has 1 aliphatic heterocycles. The Labute approximate surface area is 148 Å². The van der Waals surface area contributed by atoms with Crippen molar-refractivity contribution < 1.29 is 19.1 Å². The number of hydrogen-bond donors (Lipinski definition) is 1. The predicted molar refractivity (Wildman–Crippen MR) is 90.5 cm³/mol. The maximum atomic E-state index is 12.7. The highest BCUT2D eigenvalue weighted by atomic mass is 16.6. The lowest BCUT2D eigenvalue weighted by Gasteiger charge is -2.40. The number of ether oxygens (including phenoxy) is 2. The summed E-state index contributed by atoms with van der Waals surface area (Å²) in [5.74, 6) is 0.524. The first-order valence-electron chi connectivity index (χ1n) is 8.90. The number of carbonyl (C=O) groups excluding carboxylic acids is 2. The molecule has 0 bridgehead atoms. The Balaban J connectivity index is 1.59. The molecule has 2 heterocycles. The number of nitrogens with one attached hydrogen (secondary N) is 1. The summed E-state index contributed by atoms with van der Waals surface area (Å²) in [6, 6.07) is 0. The van der Waals surface area contributed by atoms with E-state index in [-0.39, 0.29) is 18.3 Å². The fraction of sp³-hybridized carbons (Fsp3) is 0.722. The van der Waals surface area contributed by atoms with E-state index in [1.807, 2.05) is 20.8 Å². The van der Waals surface area contributed by atoms with Crippen molar-refractivity contribution in [2.24, 2.45) is 5.41 Å². The molecule has 1 amide bonds. The molecule has 7 heteroatoms. The van der Waals surface area contributed by atoms with Crippen molar-refractivity contribution in [3.8, 4) is 0 Å². The molecular formula is C18H27N3O4. The smallest absolute Gasteiger partial charge is 0.307 e. The summed E-state index contributed by atoms with van der Waals surface area (Å²) in [5.41, 5.74) is -0.175. The minimum atomic E-state index is -0.615.